The average molecular weight is 570 g/mol. The molecule has 32 heavy (non-hydrogen) atoms. The molecule has 5 nitrogen and oxygen atoms in total. The normalized spacial score (nSPS) is 22.1. The number of halogens is 1. The second kappa shape index (κ2) is 10.7. The molecule has 0 aliphatic heterocycles. The molecule has 2 aliphatic carbocycles. The fourth-order valence-electron chi connectivity index (χ4n) is 4.45. The third kappa shape index (κ3) is 6.34. The average Bonchev–Trinajstić information content (AvgIpc) is 3.17. The van der Waals surface area contributed by atoms with Crippen LogP contribution in [0.4, 0.5) is 5.69 Å². The predicted octanol–water partition coefficient (Wildman–Crippen LogP) is 5.77. The van der Waals surface area contributed by atoms with Crippen LogP contribution >= 0.6 is 33.9 Å². The Morgan fingerprint density at radius 2 is 1.78 bits per heavy atom. The molecule has 0 spiro atoms. The van der Waals surface area contributed by atoms with E-state index in [1.54, 1.807) is 0 Å². The Labute approximate surface area is 208 Å². The zero-order valence-electron chi connectivity index (χ0n) is 19.3. The van der Waals surface area contributed by atoms with Gasteiger partial charge in [0.1, 0.15) is 10.7 Å². The van der Waals surface area contributed by atoms with E-state index in [0.29, 0.717) is 42.2 Å². The number of methoxy groups -OCH3 is 1. The number of alkyl halides is 1. The first-order valence-corrected chi connectivity index (χ1v) is 13.3. The first-order valence-electron chi connectivity index (χ1n) is 11.4. The molecule has 1 amide bonds. The lowest BCUT2D eigenvalue weighted by Crippen LogP contribution is -2.46. The third-order valence-corrected chi connectivity index (χ3v) is 7.60. The fourth-order valence-corrected chi connectivity index (χ4v) is 5.51. The molecule has 0 N–H and O–H groups in total. The first kappa shape index (κ1) is 25.2. The van der Waals surface area contributed by atoms with Gasteiger partial charge in [0.15, 0.2) is 0 Å². The highest BCUT2D eigenvalue weighted by molar-refractivity contribution is 14.1. The minimum absolute atomic E-state index is 0.0444. The minimum atomic E-state index is -0.450. The van der Waals surface area contributed by atoms with E-state index in [-0.39, 0.29) is 27.1 Å². The van der Waals surface area contributed by atoms with Crippen molar-refractivity contribution in [1.82, 2.24) is 0 Å². The maximum Gasteiger partial charge on any atom is 0.350 e. The van der Waals surface area contributed by atoms with Gasteiger partial charge in [-0.1, -0.05) is 41.4 Å². The van der Waals surface area contributed by atoms with Gasteiger partial charge >= 0.3 is 5.97 Å². The highest BCUT2D eigenvalue weighted by Crippen LogP contribution is 2.38. The van der Waals surface area contributed by atoms with Crippen LogP contribution in [0.2, 0.25) is 0 Å². The van der Waals surface area contributed by atoms with E-state index in [1.807, 2.05) is 24.8 Å². The second-order valence-electron chi connectivity index (χ2n) is 9.47. The summed E-state index contributed by atoms with van der Waals surface area (Å²) in [6.45, 7) is 6.28. The van der Waals surface area contributed by atoms with E-state index in [4.69, 9.17) is 4.74 Å². The molecular formula is C25H32INO4S. The van der Waals surface area contributed by atoms with Gasteiger partial charge in [0.25, 0.3) is 0 Å². The molecule has 2 saturated carbocycles. The van der Waals surface area contributed by atoms with E-state index >= 15 is 0 Å². The van der Waals surface area contributed by atoms with Gasteiger partial charge in [-0.05, 0) is 64.4 Å². The van der Waals surface area contributed by atoms with Crippen molar-refractivity contribution < 1.29 is 19.1 Å². The number of nitrogens with zero attached hydrogens (tertiary/aromatic N) is 1. The highest BCUT2D eigenvalue weighted by atomic mass is 127. The van der Waals surface area contributed by atoms with Crippen LogP contribution in [0.3, 0.4) is 0 Å². The molecule has 3 rings (SSSR count). The Morgan fingerprint density at radius 3 is 2.34 bits per heavy atom. The van der Waals surface area contributed by atoms with Crippen molar-refractivity contribution in [3.63, 3.8) is 0 Å². The number of Topliss-reactive ketones (excluding diaryl/α,β-unsaturated/α-hetero) is 1. The molecule has 0 aromatic carbocycles. The topological polar surface area (TPSA) is 63.7 Å². The van der Waals surface area contributed by atoms with E-state index < -0.39 is 5.97 Å². The molecule has 2 fully saturated rings. The Kier molecular flexibility index (Phi) is 8.42. The molecule has 1 heterocycles. The Hall–Kier alpha value is -1.40. The van der Waals surface area contributed by atoms with Crippen LogP contribution in [0, 0.1) is 23.7 Å². The number of esters is 1. The molecule has 0 saturated heterocycles. The van der Waals surface area contributed by atoms with Gasteiger partial charge in [0, 0.05) is 24.8 Å². The van der Waals surface area contributed by atoms with E-state index in [9.17, 15) is 14.4 Å². The number of ketones is 1. The summed E-state index contributed by atoms with van der Waals surface area (Å²) in [5.41, 5.74) is 0.598. The Morgan fingerprint density at radius 1 is 1.16 bits per heavy atom. The number of rotatable bonds is 4. The lowest BCUT2D eigenvalue weighted by atomic mass is 9.81. The van der Waals surface area contributed by atoms with Crippen molar-refractivity contribution in [2.24, 2.45) is 11.8 Å². The van der Waals surface area contributed by atoms with Crippen LogP contribution in [0.25, 0.3) is 0 Å². The molecule has 0 unspecified atom stereocenters. The van der Waals surface area contributed by atoms with Crippen LogP contribution < -0.4 is 4.90 Å². The van der Waals surface area contributed by atoms with Gasteiger partial charge < -0.3 is 9.64 Å². The summed E-state index contributed by atoms with van der Waals surface area (Å²) in [6.07, 6.45) is 6.04. The molecule has 1 aromatic rings. The summed E-state index contributed by atoms with van der Waals surface area (Å²) < 4.78 is 4.86. The van der Waals surface area contributed by atoms with Crippen molar-refractivity contribution in [1.29, 1.82) is 0 Å². The Bertz CT molecular complexity index is 918. The lowest BCUT2D eigenvalue weighted by molar-refractivity contribution is -0.125. The molecule has 0 radical (unpaired) electrons. The third-order valence-electron chi connectivity index (χ3n) is 6.31. The maximum atomic E-state index is 13.8. The number of hydrogen-bond acceptors (Lipinski definition) is 5. The number of anilines is 1. The fraction of sp³-hybridized carbons (Fsp3) is 0.640. The van der Waals surface area contributed by atoms with Gasteiger partial charge in [0.2, 0.25) is 5.91 Å². The number of hydrogen-bond donors (Lipinski definition) is 0. The van der Waals surface area contributed by atoms with E-state index in [1.165, 1.54) is 18.4 Å². The summed E-state index contributed by atoms with van der Waals surface area (Å²) in [5, 5.41) is 0. The molecule has 0 bridgehead atoms. The second-order valence-corrected chi connectivity index (χ2v) is 13.2. The summed E-state index contributed by atoms with van der Waals surface area (Å²) in [5.74, 6) is 6.85. The van der Waals surface area contributed by atoms with Gasteiger partial charge in [-0.2, -0.15) is 0 Å². The quantitative estimate of drug-likeness (QED) is 0.200. The summed E-state index contributed by atoms with van der Waals surface area (Å²) in [4.78, 5) is 41.4. The maximum absolute atomic E-state index is 13.8. The number of ether oxygens (including phenoxy) is 1. The van der Waals surface area contributed by atoms with Crippen LogP contribution in [0.15, 0.2) is 6.07 Å². The number of thiophene rings is 1. The van der Waals surface area contributed by atoms with E-state index in [2.05, 4.69) is 41.4 Å². The molecular weight excluding hydrogens is 537 g/mol. The molecule has 7 heteroatoms. The first-order chi connectivity index (χ1) is 15.1. The van der Waals surface area contributed by atoms with Crippen LogP contribution in [0.5, 0.6) is 0 Å². The summed E-state index contributed by atoms with van der Waals surface area (Å²) in [7, 11) is 1.36. The zero-order valence-corrected chi connectivity index (χ0v) is 22.3. The van der Waals surface area contributed by atoms with Crippen molar-refractivity contribution >= 4 is 57.3 Å². The van der Waals surface area contributed by atoms with Crippen molar-refractivity contribution in [2.45, 2.75) is 81.6 Å². The molecule has 0 atom stereocenters. The smallest absolute Gasteiger partial charge is 0.350 e. The van der Waals surface area contributed by atoms with Gasteiger partial charge in [-0.15, -0.1) is 11.3 Å². The Balaban J connectivity index is 2.03. The van der Waals surface area contributed by atoms with Crippen LogP contribution in [-0.2, 0) is 14.3 Å². The largest absolute Gasteiger partial charge is 0.465 e. The SMILES string of the molecule is COC(=O)c1sc(C#CC(C)(C)I)cc1N(C(=O)C1CCC(C)CC1)C1CCC(=O)CC1. The van der Waals surface area contributed by atoms with Gasteiger partial charge in [0.05, 0.1) is 21.1 Å². The van der Waals surface area contributed by atoms with E-state index in [0.717, 1.165) is 30.6 Å². The van der Waals surface area contributed by atoms with Crippen molar-refractivity contribution in [3.8, 4) is 11.8 Å². The molecule has 2 aliphatic rings. The highest BCUT2D eigenvalue weighted by Gasteiger charge is 2.37. The van der Waals surface area contributed by atoms with Crippen molar-refractivity contribution in [3.05, 3.63) is 15.8 Å². The van der Waals surface area contributed by atoms with Crippen LogP contribution in [0.1, 0.15) is 86.7 Å². The molecule has 174 valence electrons. The number of carbonyl (C=O) groups is 3. The van der Waals surface area contributed by atoms with Crippen LogP contribution in [-0.4, -0.2) is 34.2 Å². The number of carbonyl (C=O) groups excluding carboxylic acids is 3. The lowest BCUT2D eigenvalue weighted by Gasteiger charge is -2.37. The predicted molar refractivity (Wildman–Crippen MR) is 137 cm³/mol. The number of amides is 1. The zero-order chi connectivity index (χ0) is 23.5. The minimum Gasteiger partial charge on any atom is -0.465 e. The standard InChI is InChI=1S/C25H32INO4S/c1-16-5-7-17(8-6-16)23(29)27(18-9-11-19(28)12-10-18)21-15-20(13-14-25(2,3)26)32-22(21)24(30)31-4/h15-18H,5-12H2,1-4H3. The molecule has 1 aromatic heterocycles. The van der Waals surface area contributed by atoms with Crippen molar-refractivity contribution in [2.75, 3.05) is 12.0 Å². The summed E-state index contributed by atoms with van der Waals surface area (Å²) >= 11 is 3.55. The van der Waals surface area contributed by atoms with Gasteiger partial charge in [-0.3, -0.25) is 9.59 Å². The summed E-state index contributed by atoms with van der Waals surface area (Å²) in [6, 6.07) is 1.78. The van der Waals surface area contributed by atoms with Gasteiger partial charge in [-0.25, -0.2) is 4.79 Å². The monoisotopic (exact) mass is 569 g/mol.